The Bertz CT molecular complexity index is 1910. The highest BCUT2D eigenvalue weighted by Crippen LogP contribution is 2.30. The largest absolute Gasteiger partial charge is 0.452 e. The first-order chi connectivity index (χ1) is 22.9. The second-order valence-electron chi connectivity index (χ2n) is 10.7. The van der Waals surface area contributed by atoms with Crippen LogP contribution < -0.4 is 10.9 Å². The monoisotopic (exact) mass is 635 g/mol. The number of carbonyl (C=O) groups is 3. The van der Waals surface area contributed by atoms with Crippen molar-refractivity contribution in [1.82, 2.24) is 0 Å². The fraction of sp³-hybridized carbons (Fsp3) is 0.167. The van der Waals surface area contributed by atoms with Crippen molar-refractivity contribution in [2.75, 3.05) is 11.9 Å². The van der Waals surface area contributed by atoms with Gasteiger partial charge < -0.3 is 33.8 Å². The summed E-state index contributed by atoms with van der Waals surface area (Å²) in [6.45, 7) is -0.0825. The summed E-state index contributed by atoms with van der Waals surface area (Å²) < 4.78 is 28.6. The lowest BCUT2D eigenvalue weighted by Gasteiger charge is -2.43. The van der Waals surface area contributed by atoms with Gasteiger partial charge in [-0.05, 0) is 54.6 Å². The summed E-state index contributed by atoms with van der Waals surface area (Å²) >= 11 is 0. The topological polar surface area (TPSA) is 151 Å². The quantitative estimate of drug-likeness (QED) is 0.133. The summed E-state index contributed by atoms with van der Waals surface area (Å²) in [7, 11) is 0. The SMILES string of the molecule is O=C(OC1OC(CNc2ccc3ccc(=O)oc3c2)[C@@H](OC(=O)c2ccccc2)C(OC(=O)c2ccccc2)[C@H]1O)c1ccccc1. The van der Waals surface area contributed by atoms with E-state index in [-0.39, 0.29) is 23.2 Å². The predicted molar refractivity (Wildman–Crippen MR) is 169 cm³/mol. The van der Waals surface area contributed by atoms with Crippen molar-refractivity contribution in [3.8, 4) is 0 Å². The maximum absolute atomic E-state index is 13.3. The number of aliphatic hydroxyl groups excluding tert-OH is 1. The number of ether oxygens (including phenoxy) is 4. The van der Waals surface area contributed by atoms with Gasteiger partial charge in [-0.15, -0.1) is 0 Å². The van der Waals surface area contributed by atoms with E-state index in [9.17, 15) is 24.3 Å². The molecule has 5 aromatic rings. The third-order valence-corrected chi connectivity index (χ3v) is 7.48. The van der Waals surface area contributed by atoms with E-state index < -0.39 is 54.2 Å². The van der Waals surface area contributed by atoms with E-state index in [1.165, 1.54) is 30.3 Å². The fourth-order valence-corrected chi connectivity index (χ4v) is 5.10. The molecule has 47 heavy (non-hydrogen) atoms. The first-order valence-corrected chi connectivity index (χ1v) is 14.7. The lowest BCUT2D eigenvalue weighted by molar-refractivity contribution is -0.276. The van der Waals surface area contributed by atoms with Gasteiger partial charge in [-0.2, -0.15) is 0 Å². The minimum atomic E-state index is -1.75. The van der Waals surface area contributed by atoms with Crippen LogP contribution >= 0.6 is 0 Å². The van der Waals surface area contributed by atoms with Crippen LogP contribution in [0.25, 0.3) is 11.0 Å². The van der Waals surface area contributed by atoms with Gasteiger partial charge >= 0.3 is 23.5 Å². The molecule has 0 bridgehead atoms. The molecule has 5 atom stereocenters. The van der Waals surface area contributed by atoms with Gasteiger partial charge in [-0.1, -0.05) is 54.6 Å². The zero-order valence-electron chi connectivity index (χ0n) is 24.8. The Morgan fingerprint density at radius 2 is 1.17 bits per heavy atom. The number of benzene rings is 4. The van der Waals surface area contributed by atoms with E-state index in [4.69, 9.17) is 23.4 Å². The molecule has 4 aromatic carbocycles. The number of carbonyl (C=O) groups excluding carboxylic acids is 3. The van der Waals surface area contributed by atoms with Gasteiger partial charge in [-0.3, -0.25) is 0 Å². The van der Waals surface area contributed by atoms with Crippen LogP contribution in [0.4, 0.5) is 5.69 Å². The highest BCUT2D eigenvalue weighted by Gasteiger charge is 2.51. The molecule has 1 aliphatic heterocycles. The van der Waals surface area contributed by atoms with Gasteiger partial charge in [0, 0.05) is 29.8 Å². The van der Waals surface area contributed by atoms with Crippen molar-refractivity contribution in [3.63, 3.8) is 0 Å². The number of anilines is 1. The molecule has 2 N–H and O–H groups in total. The number of rotatable bonds is 9. The van der Waals surface area contributed by atoms with Crippen LogP contribution in [0, 0.1) is 0 Å². The Kier molecular flexibility index (Phi) is 9.37. The number of fused-ring (bicyclic) bond motifs is 1. The summed E-state index contributed by atoms with van der Waals surface area (Å²) in [5, 5.41) is 15.3. The second-order valence-corrected chi connectivity index (χ2v) is 10.7. The van der Waals surface area contributed by atoms with Crippen LogP contribution in [0.2, 0.25) is 0 Å². The number of aliphatic hydroxyl groups is 1. The van der Waals surface area contributed by atoms with Crippen molar-refractivity contribution in [1.29, 1.82) is 0 Å². The number of nitrogens with one attached hydrogen (secondary N) is 1. The van der Waals surface area contributed by atoms with Gasteiger partial charge in [0.2, 0.25) is 6.29 Å². The molecule has 6 rings (SSSR count). The van der Waals surface area contributed by atoms with Gasteiger partial charge in [-0.25, -0.2) is 19.2 Å². The zero-order chi connectivity index (χ0) is 32.8. The Balaban J connectivity index is 1.33. The predicted octanol–water partition coefficient (Wildman–Crippen LogP) is 4.60. The lowest BCUT2D eigenvalue weighted by Crippen LogP contribution is -2.62. The second kappa shape index (κ2) is 14.1. The molecule has 1 fully saturated rings. The summed E-state index contributed by atoms with van der Waals surface area (Å²) in [6.07, 6.45) is -7.41. The zero-order valence-corrected chi connectivity index (χ0v) is 24.8. The molecule has 3 unspecified atom stereocenters. The Morgan fingerprint density at radius 1 is 0.660 bits per heavy atom. The molecular weight excluding hydrogens is 606 g/mol. The normalized spacial score (nSPS) is 20.6. The van der Waals surface area contributed by atoms with Crippen LogP contribution in [0.1, 0.15) is 31.1 Å². The summed E-state index contributed by atoms with van der Waals surface area (Å²) in [5.74, 6) is -2.36. The van der Waals surface area contributed by atoms with Gasteiger partial charge in [0.05, 0.1) is 16.7 Å². The Morgan fingerprint density at radius 3 is 1.74 bits per heavy atom. The molecule has 2 heterocycles. The van der Waals surface area contributed by atoms with Crippen LogP contribution in [0.15, 0.2) is 131 Å². The summed E-state index contributed by atoms with van der Waals surface area (Å²) in [4.78, 5) is 51.4. The maximum atomic E-state index is 13.3. The van der Waals surface area contributed by atoms with E-state index in [1.54, 1.807) is 91.0 Å². The summed E-state index contributed by atoms with van der Waals surface area (Å²) in [6, 6.07) is 32.4. The third kappa shape index (κ3) is 7.38. The third-order valence-electron chi connectivity index (χ3n) is 7.48. The molecule has 1 saturated heterocycles. The number of esters is 3. The molecule has 0 amide bonds. The van der Waals surface area contributed by atoms with Crippen molar-refractivity contribution >= 4 is 34.6 Å². The average Bonchev–Trinajstić information content (AvgIpc) is 3.11. The molecule has 1 aromatic heterocycles. The van der Waals surface area contributed by atoms with E-state index in [0.29, 0.717) is 16.7 Å². The standard InChI is InChI=1S/C36H29NO10/c38-29-19-17-22-16-18-26(20-27(22)43-29)37-21-28-31(45-33(40)23-10-4-1-5-11-23)32(46-34(41)24-12-6-2-7-13-24)30(39)36(44-28)47-35(42)25-14-8-3-9-15-25/h1-20,28,30-32,36-37,39H,21H2/t28?,30-,31-,32?,36?/m1/s1. The summed E-state index contributed by atoms with van der Waals surface area (Å²) in [5.41, 5.74) is 0.933. The fourth-order valence-electron chi connectivity index (χ4n) is 5.10. The van der Waals surface area contributed by atoms with E-state index in [1.807, 2.05) is 0 Å². The molecule has 11 nitrogen and oxygen atoms in total. The molecule has 0 saturated carbocycles. The van der Waals surface area contributed by atoms with Crippen LogP contribution in [-0.4, -0.2) is 60.3 Å². The first kappa shape index (κ1) is 31.2. The van der Waals surface area contributed by atoms with Gasteiger partial charge in [0.15, 0.2) is 18.3 Å². The van der Waals surface area contributed by atoms with Crippen molar-refractivity contribution in [3.05, 3.63) is 148 Å². The highest BCUT2D eigenvalue weighted by atomic mass is 16.7. The van der Waals surface area contributed by atoms with Crippen molar-refractivity contribution < 1.29 is 42.9 Å². The number of hydrogen-bond acceptors (Lipinski definition) is 11. The van der Waals surface area contributed by atoms with E-state index in [2.05, 4.69) is 5.32 Å². The van der Waals surface area contributed by atoms with Crippen LogP contribution in [0.3, 0.4) is 0 Å². The lowest BCUT2D eigenvalue weighted by atomic mass is 9.97. The van der Waals surface area contributed by atoms with Crippen molar-refractivity contribution in [2.24, 2.45) is 0 Å². The molecule has 0 aliphatic carbocycles. The minimum absolute atomic E-state index is 0.0825. The van der Waals surface area contributed by atoms with Crippen molar-refractivity contribution in [2.45, 2.75) is 30.7 Å². The Labute approximate surface area is 268 Å². The highest BCUT2D eigenvalue weighted by molar-refractivity contribution is 5.91. The average molecular weight is 636 g/mol. The van der Waals surface area contributed by atoms with E-state index in [0.717, 1.165) is 0 Å². The van der Waals surface area contributed by atoms with E-state index >= 15 is 0 Å². The molecule has 0 radical (unpaired) electrons. The van der Waals surface area contributed by atoms with Gasteiger partial charge in [0.25, 0.3) is 0 Å². The molecule has 1 aliphatic rings. The molecule has 11 heteroatoms. The Hall–Kier alpha value is -5.78. The molecular formula is C36H29NO10. The smallest absolute Gasteiger partial charge is 0.340 e. The minimum Gasteiger partial charge on any atom is -0.452 e. The van der Waals surface area contributed by atoms with Crippen LogP contribution in [-0.2, 0) is 18.9 Å². The first-order valence-electron chi connectivity index (χ1n) is 14.7. The van der Waals surface area contributed by atoms with Crippen LogP contribution in [0.5, 0.6) is 0 Å². The molecule has 238 valence electrons. The number of hydrogen-bond donors (Lipinski definition) is 2. The molecule has 0 spiro atoms. The van der Waals surface area contributed by atoms with Gasteiger partial charge in [0.1, 0.15) is 11.7 Å². The maximum Gasteiger partial charge on any atom is 0.340 e.